The van der Waals surface area contributed by atoms with Gasteiger partial charge in [0.25, 0.3) is 5.91 Å². The molecule has 1 atom stereocenters. The summed E-state index contributed by atoms with van der Waals surface area (Å²) in [6.07, 6.45) is 2.49. The van der Waals surface area contributed by atoms with Crippen LogP contribution in [0, 0.1) is 6.92 Å². The molecule has 0 saturated heterocycles. The molecule has 0 radical (unpaired) electrons. The van der Waals surface area contributed by atoms with Crippen LogP contribution < -0.4 is 10.1 Å². The average Bonchev–Trinajstić information content (AvgIpc) is 2.49. The van der Waals surface area contributed by atoms with Crippen molar-refractivity contribution in [2.75, 3.05) is 6.54 Å². The number of aryl methyl sites for hydroxylation is 1. The van der Waals surface area contributed by atoms with Crippen LogP contribution in [0.25, 0.3) is 0 Å². The van der Waals surface area contributed by atoms with Gasteiger partial charge in [0.1, 0.15) is 5.75 Å². The third-order valence-electron chi connectivity index (χ3n) is 3.39. The lowest BCUT2D eigenvalue weighted by Gasteiger charge is -2.18. The molecule has 2 N–H and O–H groups in total. The molecular formula is C17H25NO4. The monoisotopic (exact) mass is 307 g/mol. The van der Waals surface area contributed by atoms with Gasteiger partial charge in [-0.25, -0.2) is 0 Å². The third kappa shape index (κ3) is 6.61. The first kappa shape index (κ1) is 18.0. The number of para-hydroxylation sites is 1. The van der Waals surface area contributed by atoms with E-state index in [1.165, 1.54) is 0 Å². The number of carboxylic acid groups (broad SMARTS) is 1. The van der Waals surface area contributed by atoms with Gasteiger partial charge in [-0.3, -0.25) is 9.59 Å². The van der Waals surface area contributed by atoms with Gasteiger partial charge in [-0.05, 0) is 37.8 Å². The van der Waals surface area contributed by atoms with Crippen LogP contribution in [0.15, 0.2) is 24.3 Å². The molecule has 5 nitrogen and oxygen atoms in total. The number of carbonyl (C=O) groups excluding carboxylic acids is 1. The zero-order valence-electron chi connectivity index (χ0n) is 13.3. The van der Waals surface area contributed by atoms with Crippen LogP contribution in [0.4, 0.5) is 0 Å². The van der Waals surface area contributed by atoms with Crippen molar-refractivity contribution in [3.05, 3.63) is 29.8 Å². The van der Waals surface area contributed by atoms with E-state index in [2.05, 4.69) is 5.32 Å². The van der Waals surface area contributed by atoms with Crippen LogP contribution in [0.3, 0.4) is 0 Å². The zero-order valence-corrected chi connectivity index (χ0v) is 13.3. The number of hydrogen-bond donors (Lipinski definition) is 2. The fraction of sp³-hybridized carbons (Fsp3) is 0.529. The standard InChI is InChI=1S/C17H25NO4/c1-3-14(22-15-10-7-6-9-13(15)2)17(21)18-12-8-4-5-11-16(19)20/h6-7,9-10,14H,3-5,8,11-12H2,1-2H3,(H,18,21)(H,19,20). The zero-order chi connectivity index (χ0) is 16.4. The van der Waals surface area contributed by atoms with Crippen LogP contribution in [-0.2, 0) is 9.59 Å². The first-order valence-electron chi connectivity index (χ1n) is 7.76. The molecule has 5 heteroatoms. The summed E-state index contributed by atoms with van der Waals surface area (Å²) in [6, 6.07) is 7.62. The fourth-order valence-corrected chi connectivity index (χ4v) is 2.07. The van der Waals surface area contributed by atoms with Crippen molar-refractivity contribution in [2.45, 2.75) is 52.1 Å². The van der Waals surface area contributed by atoms with Gasteiger partial charge < -0.3 is 15.2 Å². The normalized spacial score (nSPS) is 11.7. The number of benzene rings is 1. The van der Waals surface area contributed by atoms with E-state index in [0.29, 0.717) is 19.4 Å². The molecule has 0 fully saturated rings. The van der Waals surface area contributed by atoms with Gasteiger partial charge >= 0.3 is 5.97 Å². The summed E-state index contributed by atoms with van der Waals surface area (Å²) >= 11 is 0. The molecule has 1 rings (SSSR count). The molecule has 0 aliphatic rings. The van der Waals surface area contributed by atoms with Crippen molar-refractivity contribution in [2.24, 2.45) is 0 Å². The molecule has 0 bridgehead atoms. The van der Waals surface area contributed by atoms with Crippen molar-refractivity contribution in [3.8, 4) is 5.75 Å². The van der Waals surface area contributed by atoms with Crippen molar-refractivity contribution in [1.29, 1.82) is 0 Å². The number of aliphatic carboxylic acids is 1. The van der Waals surface area contributed by atoms with Gasteiger partial charge in [-0.1, -0.05) is 31.5 Å². The second-order valence-corrected chi connectivity index (χ2v) is 5.28. The Morgan fingerprint density at radius 3 is 2.59 bits per heavy atom. The molecule has 1 unspecified atom stereocenters. The highest BCUT2D eigenvalue weighted by Gasteiger charge is 2.18. The van der Waals surface area contributed by atoms with Crippen LogP contribution in [-0.4, -0.2) is 29.6 Å². The quantitative estimate of drug-likeness (QED) is 0.652. The third-order valence-corrected chi connectivity index (χ3v) is 3.39. The lowest BCUT2D eigenvalue weighted by Crippen LogP contribution is -2.38. The highest BCUT2D eigenvalue weighted by atomic mass is 16.5. The summed E-state index contributed by atoms with van der Waals surface area (Å²) in [4.78, 5) is 22.5. The predicted octanol–water partition coefficient (Wildman–Crippen LogP) is 2.91. The summed E-state index contributed by atoms with van der Waals surface area (Å²) in [5.41, 5.74) is 1.00. The molecule has 0 aliphatic carbocycles. The van der Waals surface area contributed by atoms with Gasteiger partial charge in [0.05, 0.1) is 0 Å². The van der Waals surface area contributed by atoms with E-state index in [1.54, 1.807) is 0 Å². The van der Waals surface area contributed by atoms with Gasteiger partial charge in [0, 0.05) is 13.0 Å². The van der Waals surface area contributed by atoms with Gasteiger partial charge in [0.2, 0.25) is 0 Å². The second kappa shape index (κ2) is 9.82. The summed E-state index contributed by atoms with van der Waals surface area (Å²) in [6.45, 7) is 4.41. The first-order valence-corrected chi connectivity index (χ1v) is 7.76. The molecule has 0 saturated carbocycles. The van der Waals surface area contributed by atoms with E-state index < -0.39 is 12.1 Å². The maximum Gasteiger partial charge on any atom is 0.303 e. The minimum Gasteiger partial charge on any atom is -0.481 e. The molecule has 0 heterocycles. The molecule has 1 amide bonds. The topological polar surface area (TPSA) is 75.6 Å². The molecule has 122 valence electrons. The molecule has 0 spiro atoms. The number of ether oxygens (including phenoxy) is 1. The number of amides is 1. The first-order chi connectivity index (χ1) is 10.5. The van der Waals surface area contributed by atoms with Gasteiger partial charge in [-0.15, -0.1) is 0 Å². The smallest absolute Gasteiger partial charge is 0.303 e. The molecular weight excluding hydrogens is 282 g/mol. The number of carbonyl (C=O) groups is 2. The highest BCUT2D eigenvalue weighted by molar-refractivity contribution is 5.81. The Bertz CT molecular complexity index is 487. The Labute approximate surface area is 131 Å². The van der Waals surface area contributed by atoms with E-state index in [-0.39, 0.29) is 12.3 Å². The summed E-state index contributed by atoms with van der Waals surface area (Å²) < 4.78 is 5.78. The van der Waals surface area contributed by atoms with E-state index in [1.807, 2.05) is 38.1 Å². The number of nitrogens with one attached hydrogen (secondary N) is 1. The van der Waals surface area contributed by atoms with Crippen LogP contribution >= 0.6 is 0 Å². The Kier molecular flexibility index (Phi) is 8.04. The van der Waals surface area contributed by atoms with Crippen LogP contribution in [0.2, 0.25) is 0 Å². The summed E-state index contributed by atoms with van der Waals surface area (Å²) in [5, 5.41) is 11.4. The van der Waals surface area contributed by atoms with Gasteiger partial charge in [-0.2, -0.15) is 0 Å². The Hall–Kier alpha value is -2.04. The highest BCUT2D eigenvalue weighted by Crippen LogP contribution is 2.18. The van der Waals surface area contributed by atoms with E-state index in [4.69, 9.17) is 9.84 Å². The maximum absolute atomic E-state index is 12.1. The van der Waals surface area contributed by atoms with Crippen LogP contribution in [0.5, 0.6) is 5.75 Å². The van der Waals surface area contributed by atoms with E-state index >= 15 is 0 Å². The molecule has 1 aromatic rings. The summed E-state index contributed by atoms with van der Waals surface area (Å²) in [7, 11) is 0. The molecule has 0 aromatic heterocycles. The van der Waals surface area contributed by atoms with Crippen molar-refractivity contribution in [3.63, 3.8) is 0 Å². The van der Waals surface area contributed by atoms with Crippen molar-refractivity contribution in [1.82, 2.24) is 5.32 Å². The average molecular weight is 307 g/mol. The summed E-state index contributed by atoms with van der Waals surface area (Å²) in [5.74, 6) is -0.170. The Balaban J connectivity index is 2.32. The van der Waals surface area contributed by atoms with Crippen molar-refractivity contribution < 1.29 is 19.4 Å². The number of unbranched alkanes of at least 4 members (excludes halogenated alkanes) is 2. The minimum absolute atomic E-state index is 0.121. The number of hydrogen-bond acceptors (Lipinski definition) is 3. The lowest BCUT2D eigenvalue weighted by atomic mass is 10.2. The van der Waals surface area contributed by atoms with Crippen molar-refractivity contribution >= 4 is 11.9 Å². The Morgan fingerprint density at radius 1 is 1.23 bits per heavy atom. The SMILES string of the molecule is CCC(Oc1ccccc1C)C(=O)NCCCCCC(=O)O. The lowest BCUT2D eigenvalue weighted by molar-refractivity contribution is -0.137. The molecule has 1 aromatic carbocycles. The predicted molar refractivity (Wildman–Crippen MR) is 85.0 cm³/mol. The minimum atomic E-state index is -0.776. The van der Waals surface area contributed by atoms with Crippen LogP contribution in [0.1, 0.15) is 44.6 Å². The van der Waals surface area contributed by atoms with Gasteiger partial charge in [0.15, 0.2) is 6.10 Å². The second-order valence-electron chi connectivity index (χ2n) is 5.28. The maximum atomic E-state index is 12.1. The van der Waals surface area contributed by atoms with E-state index in [9.17, 15) is 9.59 Å². The molecule has 0 aliphatic heterocycles. The fourth-order valence-electron chi connectivity index (χ4n) is 2.07. The number of carboxylic acids is 1. The molecule has 22 heavy (non-hydrogen) atoms. The Morgan fingerprint density at radius 2 is 1.95 bits per heavy atom. The largest absolute Gasteiger partial charge is 0.481 e. The number of rotatable bonds is 10. The van der Waals surface area contributed by atoms with E-state index in [0.717, 1.165) is 24.2 Å².